The number of alkyl halides is 6. The second kappa shape index (κ2) is 6.10. The van der Waals surface area contributed by atoms with E-state index in [4.69, 9.17) is 0 Å². The maximum Gasteiger partial charge on any atom is 0.416 e. The molecule has 0 N–H and O–H groups in total. The molecule has 9 heteroatoms. The Hall–Kier alpha value is -1.38. The van der Waals surface area contributed by atoms with Crippen molar-refractivity contribution in [3.8, 4) is 0 Å². The minimum atomic E-state index is -4.98. The van der Waals surface area contributed by atoms with Crippen molar-refractivity contribution in [2.24, 2.45) is 5.92 Å². The Labute approximate surface area is 142 Å². The SMILES string of the molecule is O=C(c1cc(C(F)(F)F)cc(C(F)(F)F)c1)C1CC2CCC(C1)S2=O. The van der Waals surface area contributed by atoms with Gasteiger partial charge in [-0.3, -0.25) is 9.00 Å². The number of Topliss-reactive ketones (excluding diaryl/α,β-unsaturated/α-hetero) is 1. The third-order valence-electron chi connectivity index (χ3n) is 4.81. The Morgan fingerprint density at radius 2 is 1.32 bits per heavy atom. The molecule has 0 spiro atoms. The van der Waals surface area contributed by atoms with E-state index in [9.17, 15) is 35.3 Å². The van der Waals surface area contributed by atoms with Gasteiger partial charge in [-0.05, 0) is 43.9 Å². The number of hydrogen-bond donors (Lipinski definition) is 0. The summed E-state index contributed by atoms with van der Waals surface area (Å²) in [6.45, 7) is 0. The van der Waals surface area contributed by atoms with Crippen molar-refractivity contribution in [2.75, 3.05) is 0 Å². The van der Waals surface area contributed by atoms with Crippen molar-refractivity contribution >= 4 is 16.6 Å². The van der Waals surface area contributed by atoms with E-state index in [0.29, 0.717) is 25.0 Å². The fourth-order valence-electron chi connectivity index (χ4n) is 3.58. The molecule has 0 saturated carbocycles. The van der Waals surface area contributed by atoms with Crippen LogP contribution in [0.3, 0.4) is 0 Å². The molecule has 2 saturated heterocycles. The molecule has 2 aliphatic rings. The topological polar surface area (TPSA) is 34.1 Å². The van der Waals surface area contributed by atoms with Gasteiger partial charge < -0.3 is 0 Å². The van der Waals surface area contributed by atoms with Crippen LogP contribution in [0, 0.1) is 5.92 Å². The van der Waals surface area contributed by atoms with Crippen LogP contribution in [0.4, 0.5) is 26.3 Å². The van der Waals surface area contributed by atoms with E-state index in [1.807, 2.05) is 0 Å². The van der Waals surface area contributed by atoms with Gasteiger partial charge in [0.1, 0.15) is 0 Å². The third kappa shape index (κ3) is 3.61. The van der Waals surface area contributed by atoms with Gasteiger partial charge in [0.2, 0.25) is 0 Å². The summed E-state index contributed by atoms with van der Waals surface area (Å²) in [5.41, 5.74) is -3.57. The van der Waals surface area contributed by atoms with Gasteiger partial charge in [-0.2, -0.15) is 26.3 Å². The Morgan fingerprint density at radius 3 is 1.72 bits per heavy atom. The lowest BCUT2D eigenvalue weighted by atomic mass is 9.89. The second-order valence-corrected chi connectivity index (χ2v) is 8.47. The normalized spacial score (nSPS) is 29.7. The Kier molecular flexibility index (Phi) is 4.50. The predicted molar refractivity (Wildman–Crippen MR) is 78.5 cm³/mol. The first-order chi connectivity index (χ1) is 11.5. The maximum atomic E-state index is 12.9. The average Bonchev–Trinajstić information content (AvgIpc) is 2.73. The molecule has 1 aromatic rings. The van der Waals surface area contributed by atoms with Crippen molar-refractivity contribution in [3.05, 3.63) is 34.9 Å². The molecular formula is C16H14F6O2S. The molecule has 0 radical (unpaired) electrons. The number of fused-ring (bicyclic) bond motifs is 2. The molecule has 2 bridgehead atoms. The summed E-state index contributed by atoms with van der Waals surface area (Å²) >= 11 is 0. The van der Waals surface area contributed by atoms with Gasteiger partial charge in [-0.1, -0.05) is 0 Å². The van der Waals surface area contributed by atoms with E-state index < -0.39 is 51.5 Å². The first kappa shape index (κ1) is 18.4. The summed E-state index contributed by atoms with van der Waals surface area (Å²) in [6.07, 6.45) is -8.11. The van der Waals surface area contributed by atoms with Gasteiger partial charge in [0, 0.05) is 32.8 Å². The zero-order valence-electron chi connectivity index (χ0n) is 12.8. The molecule has 0 amide bonds. The van der Waals surface area contributed by atoms with Crippen molar-refractivity contribution in [1.29, 1.82) is 0 Å². The number of hydrogen-bond acceptors (Lipinski definition) is 2. The van der Waals surface area contributed by atoms with Crippen LogP contribution in [0.15, 0.2) is 18.2 Å². The van der Waals surface area contributed by atoms with Gasteiger partial charge in [0.25, 0.3) is 0 Å². The fourth-order valence-corrected chi connectivity index (χ4v) is 5.70. The first-order valence-electron chi connectivity index (χ1n) is 7.70. The molecule has 2 nitrogen and oxygen atoms in total. The van der Waals surface area contributed by atoms with Crippen LogP contribution in [0.2, 0.25) is 0 Å². The smallest absolute Gasteiger partial charge is 0.294 e. The Balaban J connectivity index is 1.96. The monoisotopic (exact) mass is 384 g/mol. The summed E-state index contributed by atoms with van der Waals surface area (Å²) in [5.74, 6) is -1.41. The standard InChI is InChI=1S/C16H14F6O2S/c17-15(18,19)10-3-8(4-11(7-10)16(20,21)22)14(23)9-5-12-1-2-13(6-9)25(12)24/h3-4,7,9,12-13H,1-2,5-6H2. The molecule has 0 aliphatic carbocycles. The zero-order chi connectivity index (χ0) is 18.6. The summed E-state index contributed by atoms with van der Waals surface area (Å²) in [6, 6.07) is 0.965. The van der Waals surface area contributed by atoms with Crippen LogP contribution in [-0.4, -0.2) is 20.5 Å². The van der Waals surface area contributed by atoms with E-state index in [1.165, 1.54) is 0 Å². The highest BCUT2D eigenvalue weighted by Gasteiger charge is 2.44. The third-order valence-corrected chi connectivity index (χ3v) is 6.98. The molecular weight excluding hydrogens is 370 g/mol. The molecule has 138 valence electrons. The van der Waals surface area contributed by atoms with Crippen LogP contribution in [-0.2, 0) is 23.2 Å². The van der Waals surface area contributed by atoms with E-state index in [0.717, 1.165) is 0 Å². The van der Waals surface area contributed by atoms with Crippen LogP contribution in [0.25, 0.3) is 0 Å². The van der Waals surface area contributed by atoms with Crippen molar-refractivity contribution in [3.63, 3.8) is 0 Å². The minimum Gasteiger partial charge on any atom is -0.294 e. The summed E-state index contributed by atoms with van der Waals surface area (Å²) < 4.78 is 89.4. The lowest BCUT2D eigenvalue weighted by Gasteiger charge is -2.26. The van der Waals surface area contributed by atoms with E-state index >= 15 is 0 Å². The number of carbonyl (C=O) groups is 1. The molecule has 2 atom stereocenters. The molecule has 2 fully saturated rings. The van der Waals surface area contributed by atoms with E-state index in [2.05, 4.69) is 0 Å². The zero-order valence-corrected chi connectivity index (χ0v) is 13.6. The first-order valence-corrected chi connectivity index (χ1v) is 8.97. The summed E-state index contributed by atoms with van der Waals surface area (Å²) in [5, 5.41) is -0.388. The van der Waals surface area contributed by atoms with Gasteiger partial charge in [-0.15, -0.1) is 0 Å². The molecule has 1 aromatic carbocycles. The highest BCUT2D eigenvalue weighted by Crippen LogP contribution is 2.41. The molecule has 3 rings (SSSR count). The molecule has 0 aromatic heterocycles. The molecule has 2 unspecified atom stereocenters. The van der Waals surface area contributed by atoms with Crippen LogP contribution in [0.1, 0.15) is 47.2 Å². The van der Waals surface area contributed by atoms with E-state index in [-0.39, 0.29) is 29.4 Å². The average molecular weight is 384 g/mol. The summed E-state index contributed by atoms with van der Waals surface area (Å²) in [4.78, 5) is 12.5. The van der Waals surface area contributed by atoms with Gasteiger partial charge >= 0.3 is 12.4 Å². The van der Waals surface area contributed by atoms with Crippen LogP contribution < -0.4 is 0 Å². The van der Waals surface area contributed by atoms with Crippen LogP contribution >= 0.6 is 0 Å². The number of rotatable bonds is 2. The Bertz CT molecular complexity index is 676. The second-order valence-electron chi connectivity index (χ2n) is 6.48. The van der Waals surface area contributed by atoms with Gasteiger partial charge in [0.15, 0.2) is 5.78 Å². The van der Waals surface area contributed by atoms with Gasteiger partial charge in [-0.25, -0.2) is 0 Å². The molecule has 2 aliphatic heterocycles. The minimum absolute atomic E-state index is 0.0103. The van der Waals surface area contributed by atoms with E-state index in [1.54, 1.807) is 0 Å². The maximum absolute atomic E-state index is 12.9. The number of halogens is 6. The Morgan fingerprint density at radius 1 is 0.880 bits per heavy atom. The highest BCUT2D eigenvalue weighted by atomic mass is 32.2. The number of benzene rings is 1. The number of carbonyl (C=O) groups excluding carboxylic acids is 1. The lowest BCUT2D eigenvalue weighted by Crippen LogP contribution is -2.32. The van der Waals surface area contributed by atoms with Crippen molar-refractivity contribution < 1.29 is 35.3 Å². The lowest BCUT2D eigenvalue weighted by molar-refractivity contribution is -0.143. The number of ketones is 1. The molecule has 2 heterocycles. The fraction of sp³-hybridized carbons (Fsp3) is 0.562. The van der Waals surface area contributed by atoms with Gasteiger partial charge in [0.05, 0.1) is 11.1 Å². The quantitative estimate of drug-likeness (QED) is 0.552. The van der Waals surface area contributed by atoms with Crippen molar-refractivity contribution in [2.45, 2.75) is 48.5 Å². The largest absolute Gasteiger partial charge is 0.416 e. The van der Waals surface area contributed by atoms with Crippen LogP contribution in [0.5, 0.6) is 0 Å². The predicted octanol–water partition coefficient (Wildman–Crippen LogP) is 4.60. The highest BCUT2D eigenvalue weighted by molar-refractivity contribution is 7.86. The molecule has 25 heavy (non-hydrogen) atoms. The summed E-state index contributed by atoms with van der Waals surface area (Å²) in [7, 11) is -1.06. The van der Waals surface area contributed by atoms with Crippen molar-refractivity contribution in [1.82, 2.24) is 0 Å².